The molecule has 0 fully saturated rings. The Kier molecular flexibility index (Phi) is 22.1. The van der Waals surface area contributed by atoms with Crippen LogP contribution in [0.1, 0.15) is 53.7 Å². The molecule has 1 aromatic heterocycles. The molecular formula is C35H59ClN10O11. The molecule has 8 atom stereocenters. The van der Waals surface area contributed by atoms with Crippen molar-refractivity contribution in [2.24, 2.45) is 5.73 Å². The lowest BCUT2D eigenvalue weighted by Gasteiger charge is -2.32. The van der Waals surface area contributed by atoms with E-state index >= 15 is 0 Å². The van der Waals surface area contributed by atoms with E-state index in [-0.39, 0.29) is 61.0 Å². The summed E-state index contributed by atoms with van der Waals surface area (Å²) in [6, 6.07) is 7.21. The molecule has 57 heavy (non-hydrogen) atoms. The van der Waals surface area contributed by atoms with Crippen LogP contribution in [0.3, 0.4) is 0 Å². The first-order valence-corrected chi connectivity index (χ1v) is 18.9. The minimum absolute atomic E-state index is 0.112. The van der Waals surface area contributed by atoms with Gasteiger partial charge in [-0.3, -0.25) is 25.2 Å². The second-order valence-corrected chi connectivity index (χ2v) is 14.1. The van der Waals surface area contributed by atoms with Crippen molar-refractivity contribution in [1.82, 2.24) is 30.8 Å². The number of guanidine groups is 1. The standard InChI is InChI=1S/C35H59ClN10O11/c36-30-32(38)44-31(37)27(43-30)34(57)45-35(40)42-11-2-1-4-19-5-7-20(8-6-19)9-10-22(33(39)56)41-12-3-13-46(15-24(51)23(50)14-21(49)17-47)16-25(52)28(54)29(55)26(53)18-48/h5-8,21-26,28-29,41,47-55H,1-4,9-18H2,(H2,39,56)(H4,37,38,44)(H3,40,42,45,57)/t21-,22-,23-,24-,25-,26+,28+,29+/m0/s1. The van der Waals surface area contributed by atoms with Crippen LogP contribution in [0.2, 0.25) is 5.15 Å². The maximum atomic E-state index is 12.3. The van der Waals surface area contributed by atoms with Gasteiger partial charge in [-0.2, -0.15) is 0 Å². The molecule has 0 radical (unpaired) electrons. The molecule has 0 unspecified atom stereocenters. The van der Waals surface area contributed by atoms with Crippen LogP contribution in [-0.4, -0.2) is 173 Å². The number of nitrogen functional groups attached to an aromatic ring is 2. The van der Waals surface area contributed by atoms with Crippen molar-refractivity contribution in [3.63, 3.8) is 0 Å². The zero-order valence-corrected chi connectivity index (χ0v) is 32.4. The van der Waals surface area contributed by atoms with Gasteiger partial charge in [0, 0.05) is 26.1 Å². The van der Waals surface area contributed by atoms with Crippen LogP contribution in [0.15, 0.2) is 24.3 Å². The Morgan fingerprint density at radius 1 is 0.789 bits per heavy atom. The van der Waals surface area contributed by atoms with Crippen LogP contribution in [0.4, 0.5) is 11.6 Å². The minimum atomic E-state index is -1.86. The summed E-state index contributed by atoms with van der Waals surface area (Å²) in [4.78, 5) is 33.6. The van der Waals surface area contributed by atoms with E-state index in [1.807, 2.05) is 24.3 Å². The summed E-state index contributed by atoms with van der Waals surface area (Å²) in [7, 11) is 0. The number of amides is 2. The number of aliphatic hydroxyl groups excluding tert-OH is 9. The van der Waals surface area contributed by atoms with E-state index in [1.54, 1.807) is 0 Å². The number of unbranched alkanes of at least 4 members (excludes halogenated alkanes) is 1. The summed E-state index contributed by atoms with van der Waals surface area (Å²) in [6.07, 6.45) is -7.97. The summed E-state index contributed by atoms with van der Waals surface area (Å²) in [5.74, 6) is -1.88. The predicted molar refractivity (Wildman–Crippen MR) is 210 cm³/mol. The molecule has 322 valence electrons. The van der Waals surface area contributed by atoms with E-state index in [4.69, 9.17) is 44.4 Å². The number of nitrogens with two attached hydrogens (primary N) is 3. The number of rotatable bonds is 27. The third-order valence-corrected chi connectivity index (χ3v) is 9.34. The van der Waals surface area contributed by atoms with E-state index < -0.39 is 73.8 Å². The fraction of sp³-hybridized carbons (Fsp3) is 0.629. The molecular weight excluding hydrogens is 772 g/mol. The van der Waals surface area contributed by atoms with Crippen LogP contribution in [0, 0.1) is 5.41 Å². The topological polar surface area (TPSA) is 383 Å². The van der Waals surface area contributed by atoms with Gasteiger partial charge in [0.05, 0.1) is 43.7 Å². The molecule has 1 aromatic carbocycles. The highest BCUT2D eigenvalue weighted by Gasteiger charge is 2.32. The van der Waals surface area contributed by atoms with E-state index in [1.165, 1.54) is 4.90 Å². The number of aryl methyl sites for hydroxylation is 2. The fourth-order valence-corrected chi connectivity index (χ4v) is 5.82. The van der Waals surface area contributed by atoms with Crippen LogP contribution in [0.5, 0.6) is 0 Å². The first kappa shape index (κ1) is 49.3. The lowest BCUT2D eigenvalue weighted by atomic mass is 10.0. The molecule has 0 saturated carbocycles. The fourth-order valence-electron chi connectivity index (χ4n) is 5.69. The largest absolute Gasteiger partial charge is 0.394 e. The molecule has 0 aliphatic rings. The number of anilines is 2. The Balaban J connectivity index is 1.81. The second kappa shape index (κ2) is 25.5. The lowest BCUT2D eigenvalue weighted by Crippen LogP contribution is -2.51. The van der Waals surface area contributed by atoms with Crippen molar-refractivity contribution in [3.8, 4) is 0 Å². The summed E-state index contributed by atoms with van der Waals surface area (Å²) in [5, 5.41) is 105. The number of carbonyl (C=O) groups excluding carboxylic acids is 2. The van der Waals surface area contributed by atoms with E-state index in [0.717, 1.165) is 24.0 Å². The Labute approximate surface area is 335 Å². The van der Waals surface area contributed by atoms with Gasteiger partial charge in [0.1, 0.15) is 18.3 Å². The van der Waals surface area contributed by atoms with E-state index in [0.29, 0.717) is 32.2 Å². The number of nitrogens with zero attached hydrogens (tertiary/aromatic N) is 3. The Morgan fingerprint density at radius 3 is 2.02 bits per heavy atom. The predicted octanol–water partition coefficient (Wildman–Crippen LogP) is -4.46. The molecule has 0 bridgehead atoms. The van der Waals surface area contributed by atoms with Gasteiger partial charge in [-0.15, -0.1) is 0 Å². The van der Waals surface area contributed by atoms with Crippen LogP contribution < -0.4 is 33.2 Å². The Hall–Kier alpha value is -3.84. The monoisotopic (exact) mass is 830 g/mol. The molecule has 21 nitrogen and oxygen atoms in total. The number of benzene rings is 1. The summed E-state index contributed by atoms with van der Waals surface area (Å²) in [5.41, 5.74) is 18.7. The third-order valence-electron chi connectivity index (χ3n) is 9.07. The normalized spacial score (nSPS) is 15.9. The Morgan fingerprint density at radius 2 is 1.40 bits per heavy atom. The van der Waals surface area contributed by atoms with Gasteiger partial charge < -0.3 is 73.8 Å². The first-order chi connectivity index (χ1) is 27.0. The highest BCUT2D eigenvalue weighted by atomic mass is 35.5. The molecule has 1 heterocycles. The maximum absolute atomic E-state index is 12.3. The SMILES string of the molecule is N=C(NCCCCc1ccc(CC[C@H](NCCCN(C[C@H](O)[C@@H](O)[C@H](O)[C@H](O)CO)C[C@H](O)[C@@H](O)C[C@H](O)CO)C(N)=O)cc1)NC(=O)c1nc(Cl)c(N)nc1N. The Bertz CT molecular complexity index is 1530. The zero-order valence-electron chi connectivity index (χ0n) is 31.6. The molecule has 19 N–H and O–H groups in total. The summed E-state index contributed by atoms with van der Waals surface area (Å²) in [6.45, 7) is -1.19. The number of hydrogen-bond acceptors (Lipinski definition) is 18. The quantitative estimate of drug-likeness (QED) is 0.0229. The average molecular weight is 831 g/mol. The number of primary amides is 1. The molecule has 0 aliphatic heterocycles. The summed E-state index contributed by atoms with van der Waals surface area (Å²) < 4.78 is 0. The van der Waals surface area contributed by atoms with Crippen LogP contribution in [-0.2, 0) is 17.6 Å². The van der Waals surface area contributed by atoms with Crippen molar-refractivity contribution < 1.29 is 55.5 Å². The number of nitrogens with one attached hydrogen (secondary N) is 4. The molecule has 2 rings (SSSR count). The number of halogens is 1. The second-order valence-electron chi connectivity index (χ2n) is 13.7. The highest BCUT2D eigenvalue weighted by molar-refractivity contribution is 6.31. The molecule has 0 saturated heterocycles. The van der Waals surface area contributed by atoms with Crippen molar-refractivity contribution >= 4 is 41.0 Å². The van der Waals surface area contributed by atoms with Gasteiger partial charge in [0.2, 0.25) is 5.91 Å². The van der Waals surface area contributed by atoms with Gasteiger partial charge in [0.15, 0.2) is 28.4 Å². The minimum Gasteiger partial charge on any atom is -0.394 e. The molecule has 22 heteroatoms. The third kappa shape index (κ3) is 17.7. The maximum Gasteiger partial charge on any atom is 0.280 e. The molecule has 2 amide bonds. The molecule has 2 aromatic rings. The van der Waals surface area contributed by atoms with E-state index in [2.05, 4.69) is 25.9 Å². The van der Waals surface area contributed by atoms with Crippen molar-refractivity contribution in [2.45, 2.75) is 93.7 Å². The van der Waals surface area contributed by atoms with Gasteiger partial charge >= 0.3 is 0 Å². The summed E-state index contributed by atoms with van der Waals surface area (Å²) >= 11 is 5.80. The van der Waals surface area contributed by atoms with Crippen molar-refractivity contribution in [2.75, 3.05) is 57.4 Å². The van der Waals surface area contributed by atoms with Gasteiger partial charge in [0.25, 0.3) is 5.91 Å². The number of hydrogen-bond donors (Lipinski definition) is 16. The van der Waals surface area contributed by atoms with Gasteiger partial charge in [-0.25, -0.2) is 9.97 Å². The van der Waals surface area contributed by atoms with Gasteiger partial charge in [-0.1, -0.05) is 35.9 Å². The molecule has 0 aliphatic carbocycles. The molecule has 0 spiro atoms. The lowest BCUT2D eigenvalue weighted by molar-refractivity contribution is -0.121. The smallest absolute Gasteiger partial charge is 0.280 e. The zero-order chi connectivity index (χ0) is 42.7. The number of aromatic nitrogens is 2. The van der Waals surface area contributed by atoms with Crippen molar-refractivity contribution in [3.05, 3.63) is 46.2 Å². The van der Waals surface area contributed by atoms with Crippen LogP contribution >= 0.6 is 11.6 Å². The first-order valence-electron chi connectivity index (χ1n) is 18.5. The van der Waals surface area contributed by atoms with Crippen LogP contribution in [0.25, 0.3) is 0 Å². The van der Waals surface area contributed by atoms with Crippen molar-refractivity contribution in [1.29, 1.82) is 5.41 Å². The number of aliphatic hydroxyl groups is 9. The highest BCUT2D eigenvalue weighted by Crippen LogP contribution is 2.17. The van der Waals surface area contributed by atoms with E-state index in [9.17, 15) is 45.3 Å². The average Bonchev–Trinajstić information content (AvgIpc) is 3.17. The number of carbonyl (C=O) groups is 2. The van der Waals surface area contributed by atoms with Gasteiger partial charge in [-0.05, 0) is 62.7 Å².